The average molecular weight is 515 g/mol. The summed E-state index contributed by atoms with van der Waals surface area (Å²) in [6.45, 7) is 2.01. The van der Waals surface area contributed by atoms with Crippen molar-refractivity contribution in [3.8, 4) is 0 Å². The summed E-state index contributed by atoms with van der Waals surface area (Å²) in [6, 6.07) is 18.5. The number of hydrogen-bond donors (Lipinski definition) is 2. The summed E-state index contributed by atoms with van der Waals surface area (Å²) in [5, 5.41) is 5.99. The fourth-order valence-electron chi connectivity index (χ4n) is 3.50. The van der Waals surface area contributed by atoms with Gasteiger partial charge in [-0.3, -0.25) is 14.4 Å². The van der Waals surface area contributed by atoms with Gasteiger partial charge in [0.25, 0.3) is 17.7 Å². The van der Waals surface area contributed by atoms with Crippen molar-refractivity contribution in [2.24, 2.45) is 0 Å². The monoisotopic (exact) mass is 513 g/mol. The maximum absolute atomic E-state index is 13.0. The van der Waals surface area contributed by atoms with Crippen LogP contribution in [-0.2, 0) is 16.0 Å². The number of para-hydroxylation sites is 1. The van der Waals surface area contributed by atoms with E-state index >= 15 is 0 Å². The number of anilines is 3. The number of halogens is 3. The number of rotatable bonds is 6. The highest BCUT2D eigenvalue weighted by molar-refractivity contribution is 6.53. The standard InChI is InChI=1S/C25H18Cl3N3O3/c1-2-14-6-3-4-9-20(14)30-23(32)15-7-5-8-16(12-15)29-22-21(28)24(33)31(25(22)34)17-10-11-18(26)19(27)13-17/h3-13,29H,2H2,1H3,(H,30,32). The Labute approximate surface area is 211 Å². The third-order valence-corrected chi connectivity index (χ3v) is 6.32. The fourth-order valence-corrected chi connectivity index (χ4v) is 4.00. The fraction of sp³-hybridized carbons (Fsp3) is 0.0800. The lowest BCUT2D eigenvalue weighted by molar-refractivity contribution is -0.120. The maximum Gasteiger partial charge on any atom is 0.283 e. The lowest BCUT2D eigenvalue weighted by Gasteiger charge is -2.16. The number of aryl methyl sites for hydroxylation is 1. The molecule has 1 heterocycles. The third kappa shape index (κ3) is 4.66. The van der Waals surface area contributed by atoms with Crippen molar-refractivity contribution in [2.45, 2.75) is 13.3 Å². The zero-order valence-electron chi connectivity index (χ0n) is 17.9. The lowest BCUT2D eigenvalue weighted by Crippen LogP contribution is -2.32. The van der Waals surface area contributed by atoms with E-state index in [-0.39, 0.29) is 27.3 Å². The van der Waals surface area contributed by atoms with Gasteiger partial charge in [-0.1, -0.05) is 66.0 Å². The van der Waals surface area contributed by atoms with Crippen LogP contribution in [0, 0.1) is 0 Å². The highest BCUT2D eigenvalue weighted by Gasteiger charge is 2.39. The van der Waals surface area contributed by atoms with Gasteiger partial charge in [-0.15, -0.1) is 0 Å². The van der Waals surface area contributed by atoms with Gasteiger partial charge in [-0.25, -0.2) is 4.90 Å². The Morgan fingerprint density at radius 3 is 2.38 bits per heavy atom. The molecule has 0 atom stereocenters. The molecule has 172 valence electrons. The molecule has 9 heteroatoms. The quantitative estimate of drug-likeness (QED) is 0.382. The molecule has 0 aliphatic carbocycles. The molecule has 2 N–H and O–H groups in total. The lowest BCUT2D eigenvalue weighted by atomic mass is 10.1. The Hall–Kier alpha value is -3.32. The largest absolute Gasteiger partial charge is 0.350 e. The van der Waals surface area contributed by atoms with Crippen LogP contribution in [0.3, 0.4) is 0 Å². The molecular formula is C25H18Cl3N3O3. The molecule has 3 aromatic rings. The van der Waals surface area contributed by atoms with E-state index < -0.39 is 11.8 Å². The average Bonchev–Trinajstić information content (AvgIpc) is 3.04. The van der Waals surface area contributed by atoms with Crippen molar-refractivity contribution < 1.29 is 14.4 Å². The first-order valence-electron chi connectivity index (χ1n) is 10.3. The number of amides is 3. The predicted molar refractivity (Wildman–Crippen MR) is 136 cm³/mol. The summed E-state index contributed by atoms with van der Waals surface area (Å²) in [4.78, 5) is 39.4. The molecule has 3 amide bonds. The summed E-state index contributed by atoms with van der Waals surface area (Å²) in [5.74, 6) is -1.66. The molecule has 34 heavy (non-hydrogen) atoms. The van der Waals surface area contributed by atoms with Gasteiger partial charge in [0, 0.05) is 16.9 Å². The Bertz CT molecular complexity index is 1350. The summed E-state index contributed by atoms with van der Waals surface area (Å²) in [6.07, 6.45) is 0.774. The number of nitrogens with one attached hydrogen (secondary N) is 2. The van der Waals surface area contributed by atoms with Crippen molar-refractivity contribution in [3.63, 3.8) is 0 Å². The Kier molecular flexibility index (Phi) is 6.93. The summed E-state index contributed by atoms with van der Waals surface area (Å²) < 4.78 is 0. The summed E-state index contributed by atoms with van der Waals surface area (Å²) in [7, 11) is 0. The smallest absolute Gasteiger partial charge is 0.283 e. The van der Waals surface area contributed by atoms with Crippen molar-refractivity contribution in [1.82, 2.24) is 0 Å². The second kappa shape index (κ2) is 9.89. The molecule has 0 aromatic heterocycles. The number of nitrogens with zero attached hydrogens (tertiary/aromatic N) is 1. The minimum Gasteiger partial charge on any atom is -0.350 e. The molecule has 0 saturated carbocycles. The van der Waals surface area contributed by atoms with E-state index in [0.717, 1.165) is 22.6 Å². The number of carbonyl (C=O) groups is 3. The topological polar surface area (TPSA) is 78.5 Å². The van der Waals surface area contributed by atoms with E-state index in [1.807, 2.05) is 31.2 Å². The maximum atomic E-state index is 13.0. The van der Waals surface area contributed by atoms with E-state index in [1.54, 1.807) is 24.3 Å². The Morgan fingerprint density at radius 2 is 1.65 bits per heavy atom. The summed E-state index contributed by atoms with van der Waals surface area (Å²) >= 11 is 18.2. The zero-order chi connectivity index (χ0) is 24.4. The molecule has 0 spiro atoms. The molecule has 0 bridgehead atoms. The van der Waals surface area contributed by atoms with Crippen molar-refractivity contribution in [1.29, 1.82) is 0 Å². The molecule has 0 fully saturated rings. The minimum absolute atomic E-state index is 0.105. The normalized spacial score (nSPS) is 13.5. The van der Waals surface area contributed by atoms with Crippen LogP contribution in [0.1, 0.15) is 22.8 Å². The summed E-state index contributed by atoms with van der Waals surface area (Å²) in [5.41, 5.74) is 2.66. The second-order valence-electron chi connectivity index (χ2n) is 7.40. The molecule has 0 unspecified atom stereocenters. The number of benzene rings is 3. The molecule has 0 radical (unpaired) electrons. The molecule has 6 nitrogen and oxygen atoms in total. The first kappa shape index (κ1) is 23.8. The van der Waals surface area contributed by atoms with E-state index in [2.05, 4.69) is 10.6 Å². The van der Waals surface area contributed by atoms with Crippen LogP contribution < -0.4 is 15.5 Å². The molecule has 1 aliphatic heterocycles. The number of imide groups is 1. The van der Waals surface area contributed by atoms with Gasteiger partial charge in [0.2, 0.25) is 0 Å². The van der Waals surface area contributed by atoms with Crippen LogP contribution in [-0.4, -0.2) is 17.7 Å². The van der Waals surface area contributed by atoms with Gasteiger partial charge in [0.1, 0.15) is 10.7 Å². The van der Waals surface area contributed by atoms with Crippen LogP contribution in [0.5, 0.6) is 0 Å². The van der Waals surface area contributed by atoms with E-state index in [9.17, 15) is 14.4 Å². The van der Waals surface area contributed by atoms with Crippen molar-refractivity contribution in [2.75, 3.05) is 15.5 Å². The number of carbonyl (C=O) groups excluding carboxylic acids is 3. The third-order valence-electron chi connectivity index (χ3n) is 5.23. The molecule has 0 saturated heterocycles. The van der Waals surface area contributed by atoms with Gasteiger partial charge in [0.15, 0.2) is 0 Å². The first-order valence-corrected chi connectivity index (χ1v) is 11.4. The molecule has 1 aliphatic rings. The molecular weight excluding hydrogens is 497 g/mol. The van der Waals surface area contributed by atoms with Crippen molar-refractivity contribution >= 4 is 69.6 Å². The Balaban J connectivity index is 1.55. The predicted octanol–water partition coefficient (Wildman–Crippen LogP) is 6.24. The van der Waals surface area contributed by atoms with E-state index in [4.69, 9.17) is 34.8 Å². The van der Waals surface area contributed by atoms with Crippen LogP contribution in [0.4, 0.5) is 17.1 Å². The molecule has 4 rings (SSSR count). The van der Waals surface area contributed by atoms with E-state index in [1.165, 1.54) is 18.2 Å². The van der Waals surface area contributed by atoms with Gasteiger partial charge in [-0.2, -0.15) is 0 Å². The van der Waals surface area contributed by atoms with Gasteiger partial charge in [-0.05, 0) is 54.4 Å². The van der Waals surface area contributed by atoms with Crippen molar-refractivity contribution in [3.05, 3.63) is 98.6 Å². The highest BCUT2D eigenvalue weighted by atomic mass is 35.5. The van der Waals surface area contributed by atoms with Crippen LogP contribution in [0.25, 0.3) is 0 Å². The molecule has 3 aromatic carbocycles. The highest BCUT2D eigenvalue weighted by Crippen LogP contribution is 2.33. The van der Waals surface area contributed by atoms with Gasteiger partial charge < -0.3 is 10.6 Å². The van der Waals surface area contributed by atoms with Crippen LogP contribution in [0.2, 0.25) is 10.0 Å². The first-order chi connectivity index (χ1) is 16.3. The Morgan fingerprint density at radius 1 is 0.882 bits per heavy atom. The number of hydrogen-bond acceptors (Lipinski definition) is 4. The van der Waals surface area contributed by atoms with Crippen LogP contribution in [0.15, 0.2) is 77.5 Å². The SMILES string of the molecule is CCc1ccccc1NC(=O)c1cccc(NC2=C(Cl)C(=O)N(c3ccc(Cl)c(Cl)c3)C2=O)c1. The second-order valence-corrected chi connectivity index (χ2v) is 8.60. The van der Waals surface area contributed by atoms with E-state index in [0.29, 0.717) is 16.3 Å². The van der Waals surface area contributed by atoms with Gasteiger partial charge in [0.05, 0.1) is 15.7 Å². The van der Waals surface area contributed by atoms with Gasteiger partial charge >= 0.3 is 0 Å². The van der Waals surface area contributed by atoms with Crippen LogP contribution >= 0.6 is 34.8 Å². The minimum atomic E-state index is -0.697. The zero-order valence-corrected chi connectivity index (χ0v) is 20.1.